The minimum absolute atomic E-state index is 0.0556. The lowest BCUT2D eigenvalue weighted by atomic mass is 10.1. The van der Waals surface area contributed by atoms with Gasteiger partial charge in [0.2, 0.25) is 11.8 Å². The van der Waals surface area contributed by atoms with Crippen molar-refractivity contribution in [2.45, 2.75) is 32.2 Å². The molecule has 2 heterocycles. The van der Waals surface area contributed by atoms with Crippen LogP contribution in [0, 0.1) is 0 Å². The molecule has 0 atom stereocenters. The topological polar surface area (TPSA) is 75.4 Å². The van der Waals surface area contributed by atoms with Crippen LogP contribution in [0.15, 0.2) is 59.2 Å². The van der Waals surface area contributed by atoms with Crippen LogP contribution in [0.3, 0.4) is 0 Å². The number of amides is 2. The second kappa shape index (κ2) is 9.79. The van der Waals surface area contributed by atoms with E-state index in [0.29, 0.717) is 29.6 Å². The Morgan fingerprint density at radius 3 is 2.35 bits per heavy atom. The van der Waals surface area contributed by atoms with Crippen molar-refractivity contribution in [3.63, 3.8) is 0 Å². The van der Waals surface area contributed by atoms with E-state index in [4.69, 9.17) is 16.0 Å². The van der Waals surface area contributed by atoms with Crippen LogP contribution in [0.1, 0.15) is 40.9 Å². The lowest BCUT2D eigenvalue weighted by molar-refractivity contribution is -0.120. The number of oxazole rings is 1. The maximum atomic E-state index is 12.6. The molecule has 1 fully saturated rings. The first-order chi connectivity index (χ1) is 15.1. The third-order valence-electron chi connectivity index (χ3n) is 5.34. The average Bonchev–Trinajstić information content (AvgIpc) is 3.30. The van der Waals surface area contributed by atoms with Gasteiger partial charge in [0, 0.05) is 30.2 Å². The van der Waals surface area contributed by atoms with Gasteiger partial charge in [-0.2, -0.15) is 0 Å². The summed E-state index contributed by atoms with van der Waals surface area (Å²) in [6.07, 6.45) is 4.97. The van der Waals surface area contributed by atoms with Crippen LogP contribution in [-0.2, 0) is 17.8 Å². The Labute approximate surface area is 186 Å². The second-order valence-corrected chi connectivity index (χ2v) is 8.10. The first-order valence-electron chi connectivity index (χ1n) is 10.4. The standard InChI is InChI=1S/C24H24ClN3O3/c25-20-10-6-17(7-11-20)14-22(29)26-15-18-4-8-19(9-5-18)23-27-21(16-31-23)24(30)28-12-2-1-3-13-28/h4-11,16H,1-3,12-15H2,(H,26,29). The normalized spacial score (nSPS) is 13.8. The lowest BCUT2D eigenvalue weighted by Crippen LogP contribution is -2.35. The summed E-state index contributed by atoms with van der Waals surface area (Å²) >= 11 is 5.87. The highest BCUT2D eigenvalue weighted by Gasteiger charge is 2.21. The first-order valence-corrected chi connectivity index (χ1v) is 10.8. The molecule has 0 spiro atoms. The third kappa shape index (κ3) is 5.52. The molecule has 0 bridgehead atoms. The maximum absolute atomic E-state index is 12.6. The number of likely N-dealkylation sites (tertiary alicyclic amines) is 1. The summed E-state index contributed by atoms with van der Waals surface area (Å²) in [6.45, 7) is 1.98. The minimum atomic E-state index is -0.0743. The van der Waals surface area contributed by atoms with Crippen molar-refractivity contribution in [3.05, 3.63) is 76.6 Å². The number of aromatic nitrogens is 1. The largest absolute Gasteiger partial charge is 0.444 e. The van der Waals surface area contributed by atoms with Crippen molar-refractivity contribution < 1.29 is 14.0 Å². The van der Waals surface area contributed by atoms with Crippen LogP contribution in [0.4, 0.5) is 0 Å². The van der Waals surface area contributed by atoms with E-state index < -0.39 is 0 Å². The molecule has 1 aliphatic rings. The Morgan fingerprint density at radius 1 is 0.968 bits per heavy atom. The zero-order chi connectivity index (χ0) is 21.6. The molecule has 1 aliphatic heterocycles. The quantitative estimate of drug-likeness (QED) is 0.616. The van der Waals surface area contributed by atoms with E-state index in [0.717, 1.165) is 42.6 Å². The number of halogens is 1. The van der Waals surface area contributed by atoms with E-state index in [-0.39, 0.29) is 11.8 Å². The summed E-state index contributed by atoms with van der Waals surface area (Å²) in [4.78, 5) is 30.9. The van der Waals surface area contributed by atoms with Gasteiger partial charge in [0.25, 0.3) is 5.91 Å². The Bertz CT molecular complexity index is 1040. The molecule has 1 N–H and O–H groups in total. The van der Waals surface area contributed by atoms with Gasteiger partial charge in [-0.05, 0) is 54.7 Å². The van der Waals surface area contributed by atoms with Crippen molar-refractivity contribution in [3.8, 4) is 11.5 Å². The number of hydrogen-bond donors (Lipinski definition) is 1. The van der Waals surface area contributed by atoms with Crippen molar-refractivity contribution in [2.75, 3.05) is 13.1 Å². The van der Waals surface area contributed by atoms with E-state index in [1.165, 1.54) is 12.7 Å². The van der Waals surface area contributed by atoms with Crippen molar-refractivity contribution in [1.29, 1.82) is 0 Å². The summed E-state index contributed by atoms with van der Waals surface area (Å²) in [7, 11) is 0. The van der Waals surface area contributed by atoms with Gasteiger partial charge >= 0.3 is 0 Å². The molecule has 3 aromatic rings. The SMILES string of the molecule is O=C(Cc1ccc(Cl)cc1)NCc1ccc(-c2nc(C(=O)N3CCCCC3)co2)cc1. The summed E-state index contributed by atoms with van der Waals surface area (Å²) in [5.41, 5.74) is 3.00. The number of carbonyl (C=O) groups excluding carboxylic acids is 2. The smallest absolute Gasteiger partial charge is 0.275 e. The van der Waals surface area contributed by atoms with E-state index in [2.05, 4.69) is 10.3 Å². The van der Waals surface area contributed by atoms with Gasteiger partial charge in [0.1, 0.15) is 6.26 Å². The molecular formula is C24H24ClN3O3. The number of benzene rings is 2. The van der Waals surface area contributed by atoms with Gasteiger partial charge in [-0.1, -0.05) is 35.9 Å². The molecule has 0 radical (unpaired) electrons. The molecule has 2 amide bonds. The molecule has 6 nitrogen and oxygen atoms in total. The number of piperidine rings is 1. The number of nitrogens with one attached hydrogen (secondary N) is 1. The molecule has 7 heteroatoms. The van der Waals surface area contributed by atoms with Gasteiger partial charge in [-0.15, -0.1) is 0 Å². The van der Waals surface area contributed by atoms with Crippen LogP contribution in [0.2, 0.25) is 5.02 Å². The molecule has 31 heavy (non-hydrogen) atoms. The summed E-state index contributed by atoms with van der Waals surface area (Å²) in [5.74, 6) is 0.286. The molecule has 0 aliphatic carbocycles. The van der Waals surface area contributed by atoms with Gasteiger partial charge in [0.05, 0.1) is 6.42 Å². The van der Waals surface area contributed by atoms with Gasteiger partial charge in [0.15, 0.2) is 5.69 Å². The molecule has 0 unspecified atom stereocenters. The van der Waals surface area contributed by atoms with Crippen LogP contribution in [0.5, 0.6) is 0 Å². The molecule has 0 saturated carbocycles. The molecule has 2 aromatic carbocycles. The predicted molar refractivity (Wildman–Crippen MR) is 119 cm³/mol. The van der Waals surface area contributed by atoms with E-state index >= 15 is 0 Å². The molecule has 4 rings (SSSR count). The number of nitrogens with zero attached hydrogens (tertiary/aromatic N) is 2. The number of hydrogen-bond acceptors (Lipinski definition) is 4. The van der Waals surface area contributed by atoms with Crippen LogP contribution < -0.4 is 5.32 Å². The summed E-state index contributed by atoms with van der Waals surface area (Å²) in [6, 6.07) is 14.8. The van der Waals surface area contributed by atoms with Crippen LogP contribution >= 0.6 is 11.6 Å². The third-order valence-corrected chi connectivity index (χ3v) is 5.59. The van der Waals surface area contributed by atoms with Crippen LogP contribution in [0.25, 0.3) is 11.5 Å². The molecule has 1 aromatic heterocycles. The monoisotopic (exact) mass is 437 g/mol. The van der Waals surface area contributed by atoms with E-state index in [9.17, 15) is 9.59 Å². The summed E-state index contributed by atoms with van der Waals surface area (Å²) < 4.78 is 5.54. The lowest BCUT2D eigenvalue weighted by Gasteiger charge is -2.25. The minimum Gasteiger partial charge on any atom is -0.444 e. The summed E-state index contributed by atoms with van der Waals surface area (Å²) in [5, 5.41) is 3.57. The zero-order valence-electron chi connectivity index (χ0n) is 17.1. The average molecular weight is 438 g/mol. The van der Waals surface area contributed by atoms with Crippen LogP contribution in [-0.4, -0.2) is 34.8 Å². The van der Waals surface area contributed by atoms with Crippen molar-refractivity contribution >= 4 is 23.4 Å². The Morgan fingerprint density at radius 2 is 1.65 bits per heavy atom. The highest BCUT2D eigenvalue weighted by atomic mass is 35.5. The van der Waals surface area contributed by atoms with Crippen molar-refractivity contribution in [1.82, 2.24) is 15.2 Å². The zero-order valence-corrected chi connectivity index (χ0v) is 17.9. The first kappa shape index (κ1) is 21.1. The second-order valence-electron chi connectivity index (χ2n) is 7.67. The fourth-order valence-electron chi connectivity index (χ4n) is 3.58. The molecule has 160 valence electrons. The van der Waals surface area contributed by atoms with Gasteiger partial charge < -0.3 is 14.6 Å². The Hall–Kier alpha value is -3.12. The number of rotatable bonds is 6. The fourth-order valence-corrected chi connectivity index (χ4v) is 3.71. The maximum Gasteiger partial charge on any atom is 0.275 e. The van der Waals surface area contributed by atoms with Gasteiger partial charge in [-0.25, -0.2) is 4.98 Å². The van der Waals surface area contributed by atoms with Crippen molar-refractivity contribution in [2.24, 2.45) is 0 Å². The predicted octanol–water partition coefficient (Wildman–Crippen LogP) is 4.48. The fraction of sp³-hybridized carbons (Fsp3) is 0.292. The molecule has 1 saturated heterocycles. The van der Waals surface area contributed by atoms with E-state index in [1.54, 1.807) is 12.1 Å². The highest BCUT2D eigenvalue weighted by molar-refractivity contribution is 6.30. The molecular weight excluding hydrogens is 414 g/mol. The van der Waals surface area contributed by atoms with Gasteiger partial charge in [-0.3, -0.25) is 9.59 Å². The highest BCUT2D eigenvalue weighted by Crippen LogP contribution is 2.21. The Kier molecular flexibility index (Phi) is 6.67. The number of carbonyl (C=O) groups is 2. The van der Waals surface area contributed by atoms with E-state index in [1.807, 2.05) is 41.3 Å². The Balaban J connectivity index is 1.32.